The van der Waals surface area contributed by atoms with Gasteiger partial charge in [-0.15, -0.1) is 0 Å². The van der Waals surface area contributed by atoms with Crippen LogP contribution in [-0.2, 0) is 12.0 Å². The van der Waals surface area contributed by atoms with Crippen LogP contribution in [0.5, 0.6) is 0 Å². The molecule has 0 saturated carbocycles. The van der Waals surface area contributed by atoms with Crippen molar-refractivity contribution in [3.8, 4) is 0 Å². The van der Waals surface area contributed by atoms with E-state index in [2.05, 4.69) is 42.5 Å². The first kappa shape index (κ1) is 16.3. The summed E-state index contributed by atoms with van der Waals surface area (Å²) >= 11 is 0. The summed E-state index contributed by atoms with van der Waals surface area (Å²) in [5, 5.41) is 0. The van der Waals surface area contributed by atoms with Crippen LogP contribution < -0.4 is 0 Å². The summed E-state index contributed by atoms with van der Waals surface area (Å²) < 4.78 is 11.4. The van der Waals surface area contributed by atoms with E-state index in [9.17, 15) is 0 Å². The molecule has 2 aromatic heterocycles. The smallest absolute Gasteiger partial charge is 0.211 e. The molecule has 0 amide bonds. The van der Waals surface area contributed by atoms with Gasteiger partial charge in [0.15, 0.2) is 0 Å². The first-order valence-electron chi connectivity index (χ1n) is 8.38. The second-order valence-corrected chi connectivity index (χ2v) is 7.38. The molecule has 1 aliphatic heterocycles. The summed E-state index contributed by atoms with van der Waals surface area (Å²) in [4.78, 5) is 9.37. The fraction of sp³-hybridized carbons (Fsp3) is 0.611. The quantitative estimate of drug-likeness (QED) is 0.864. The average Bonchev–Trinajstić information content (AvgIpc) is 3.18. The molecule has 0 radical (unpaired) electrons. The minimum atomic E-state index is 0.00665. The summed E-state index contributed by atoms with van der Waals surface area (Å²) in [5.74, 6) is 2.82. The Morgan fingerprint density at radius 1 is 1.22 bits per heavy atom. The van der Waals surface area contributed by atoms with Crippen LogP contribution in [0.15, 0.2) is 33.4 Å². The summed E-state index contributed by atoms with van der Waals surface area (Å²) in [7, 11) is 0. The van der Waals surface area contributed by atoms with Crippen LogP contribution >= 0.6 is 0 Å². The topological polar surface area (TPSA) is 45.7 Å². The van der Waals surface area contributed by atoms with E-state index in [1.165, 1.54) is 0 Å². The van der Waals surface area contributed by atoms with Crippen LogP contribution in [0.4, 0.5) is 0 Å². The van der Waals surface area contributed by atoms with Gasteiger partial charge in [0.2, 0.25) is 5.89 Å². The zero-order valence-corrected chi connectivity index (χ0v) is 14.6. The zero-order chi connectivity index (χ0) is 16.4. The third-order valence-corrected chi connectivity index (χ3v) is 4.53. The normalized spacial score (nSPS) is 19.1. The molecule has 126 valence electrons. The van der Waals surface area contributed by atoms with E-state index in [-0.39, 0.29) is 11.5 Å². The molecule has 3 rings (SSSR count). The maximum absolute atomic E-state index is 5.99. The van der Waals surface area contributed by atoms with Crippen molar-refractivity contribution >= 4 is 0 Å². The lowest BCUT2D eigenvalue weighted by atomic mass is 9.94. The maximum atomic E-state index is 5.99. The van der Waals surface area contributed by atoms with Gasteiger partial charge in [-0.25, -0.2) is 4.98 Å². The lowest BCUT2D eigenvalue weighted by Gasteiger charge is -2.36. The van der Waals surface area contributed by atoms with Crippen molar-refractivity contribution in [1.29, 1.82) is 0 Å². The molecule has 5 heteroatoms. The van der Waals surface area contributed by atoms with Crippen molar-refractivity contribution in [2.75, 3.05) is 26.2 Å². The van der Waals surface area contributed by atoms with E-state index in [0.717, 1.165) is 50.1 Å². The number of nitrogens with zero attached hydrogens (tertiary/aromatic N) is 3. The molecule has 1 fully saturated rings. The van der Waals surface area contributed by atoms with E-state index in [1.54, 1.807) is 6.26 Å². The van der Waals surface area contributed by atoms with Crippen molar-refractivity contribution in [1.82, 2.24) is 14.8 Å². The van der Waals surface area contributed by atoms with Gasteiger partial charge in [0.25, 0.3) is 0 Å². The fourth-order valence-corrected chi connectivity index (χ4v) is 2.92. The number of furan rings is 1. The van der Waals surface area contributed by atoms with E-state index in [4.69, 9.17) is 8.83 Å². The summed E-state index contributed by atoms with van der Waals surface area (Å²) in [6.07, 6.45) is 3.61. The zero-order valence-electron chi connectivity index (χ0n) is 14.6. The second-order valence-electron chi connectivity index (χ2n) is 7.38. The lowest BCUT2D eigenvalue weighted by molar-refractivity contribution is 0.0825. The van der Waals surface area contributed by atoms with Crippen LogP contribution in [0.2, 0.25) is 0 Å². The summed E-state index contributed by atoms with van der Waals surface area (Å²) in [5.41, 5.74) is 0.00665. The molecule has 1 saturated heterocycles. The first-order valence-corrected chi connectivity index (χ1v) is 8.38. The molecule has 0 aliphatic carbocycles. The predicted molar refractivity (Wildman–Crippen MR) is 89.2 cm³/mol. The number of oxazole rings is 1. The molecule has 0 N–H and O–H groups in total. The van der Waals surface area contributed by atoms with Crippen molar-refractivity contribution in [3.63, 3.8) is 0 Å². The molecule has 2 aromatic rings. The molecule has 1 atom stereocenters. The van der Waals surface area contributed by atoms with Crippen molar-refractivity contribution in [3.05, 3.63) is 42.0 Å². The Morgan fingerprint density at radius 2 is 1.96 bits per heavy atom. The Kier molecular flexibility index (Phi) is 4.60. The van der Waals surface area contributed by atoms with Crippen molar-refractivity contribution in [2.45, 2.75) is 45.7 Å². The Bertz CT molecular complexity index is 605. The van der Waals surface area contributed by atoms with E-state index in [0.29, 0.717) is 0 Å². The van der Waals surface area contributed by atoms with Gasteiger partial charge in [0, 0.05) is 31.6 Å². The highest BCUT2D eigenvalue weighted by molar-refractivity contribution is 5.07. The van der Waals surface area contributed by atoms with E-state index in [1.807, 2.05) is 18.3 Å². The standard InChI is InChI=1S/C18H27N3O2/c1-14(17-19-12-16(23-17)18(2,3)4)21-9-7-20(8-10-21)13-15-6-5-11-22-15/h5-6,11-12,14H,7-10,13H2,1-4H3/t14-/m0/s1. The second kappa shape index (κ2) is 6.49. The molecule has 1 aliphatic rings. The monoisotopic (exact) mass is 317 g/mol. The molecule has 0 spiro atoms. The van der Waals surface area contributed by atoms with E-state index >= 15 is 0 Å². The van der Waals surface area contributed by atoms with Crippen LogP contribution in [0.25, 0.3) is 0 Å². The van der Waals surface area contributed by atoms with Crippen LogP contribution in [0.1, 0.15) is 51.1 Å². The fourth-order valence-electron chi connectivity index (χ4n) is 2.92. The van der Waals surface area contributed by atoms with Gasteiger partial charge >= 0.3 is 0 Å². The van der Waals surface area contributed by atoms with Crippen molar-refractivity contribution in [2.24, 2.45) is 0 Å². The van der Waals surface area contributed by atoms with Crippen LogP contribution in [0, 0.1) is 0 Å². The minimum absolute atomic E-state index is 0.00665. The molecule has 0 unspecified atom stereocenters. The lowest BCUT2D eigenvalue weighted by Crippen LogP contribution is -2.46. The summed E-state index contributed by atoms with van der Waals surface area (Å²) in [6, 6.07) is 4.20. The van der Waals surface area contributed by atoms with Gasteiger partial charge in [-0.1, -0.05) is 20.8 Å². The van der Waals surface area contributed by atoms with Gasteiger partial charge in [-0.05, 0) is 19.1 Å². The Hall–Kier alpha value is -1.59. The van der Waals surface area contributed by atoms with Gasteiger partial charge in [-0.2, -0.15) is 0 Å². The molecular formula is C18H27N3O2. The minimum Gasteiger partial charge on any atom is -0.468 e. The highest BCUT2D eigenvalue weighted by atomic mass is 16.4. The number of aromatic nitrogens is 1. The molecular weight excluding hydrogens is 290 g/mol. The van der Waals surface area contributed by atoms with Gasteiger partial charge in [0.05, 0.1) is 25.0 Å². The molecule has 0 bridgehead atoms. The largest absolute Gasteiger partial charge is 0.468 e. The first-order chi connectivity index (χ1) is 10.9. The highest BCUT2D eigenvalue weighted by Crippen LogP contribution is 2.27. The van der Waals surface area contributed by atoms with E-state index < -0.39 is 0 Å². The third kappa shape index (κ3) is 3.85. The number of piperazine rings is 1. The third-order valence-electron chi connectivity index (χ3n) is 4.53. The van der Waals surface area contributed by atoms with Gasteiger partial charge in [-0.3, -0.25) is 9.80 Å². The Labute approximate surface area is 138 Å². The predicted octanol–water partition coefficient (Wildman–Crippen LogP) is 3.44. The summed E-state index contributed by atoms with van der Waals surface area (Å²) in [6.45, 7) is 13.6. The van der Waals surface area contributed by atoms with Crippen LogP contribution in [0.3, 0.4) is 0 Å². The number of rotatable bonds is 4. The molecule has 23 heavy (non-hydrogen) atoms. The molecule has 0 aromatic carbocycles. The highest BCUT2D eigenvalue weighted by Gasteiger charge is 2.27. The SMILES string of the molecule is C[C@@H](c1ncc(C(C)(C)C)o1)N1CCN(Cc2ccco2)CC1. The molecule has 5 nitrogen and oxygen atoms in total. The maximum Gasteiger partial charge on any atom is 0.211 e. The Morgan fingerprint density at radius 3 is 2.52 bits per heavy atom. The Balaban J connectivity index is 1.55. The van der Waals surface area contributed by atoms with Gasteiger partial charge < -0.3 is 8.83 Å². The van der Waals surface area contributed by atoms with Gasteiger partial charge in [0.1, 0.15) is 11.5 Å². The number of hydrogen-bond donors (Lipinski definition) is 0. The average molecular weight is 317 g/mol. The molecule has 3 heterocycles. The number of hydrogen-bond acceptors (Lipinski definition) is 5. The van der Waals surface area contributed by atoms with Crippen LogP contribution in [-0.4, -0.2) is 41.0 Å². The van der Waals surface area contributed by atoms with Crippen molar-refractivity contribution < 1.29 is 8.83 Å².